The largest absolute Gasteiger partial charge is 0.444 e. The monoisotopic (exact) mass is 319 g/mol. The van der Waals surface area contributed by atoms with E-state index in [1.165, 1.54) is 56.2 Å². The zero-order chi connectivity index (χ0) is 16.4. The number of fused-ring (bicyclic) bond motifs is 1. The molecule has 1 fully saturated rings. The van der Waals surface area contributed by atoms with E-state index in [-0.39, 0.29) is 0 Å². The third-order valence-electron chi connectivity index (χ3n) is 4.75. The Labute approximate surface area is 138 Å². The predicted molar refractivity (Wildman–Crippen MR) is 90.8 cm³/mol. The highest BCUT2D eigenvalue weighted by Crippen LogP contribution is 2.35. The van der Waals surface area contributed by atoms with Crippen molar-refractivity contribution in [1.29, 1.82) is 0 Å². The van der Waals surface area contributed by atoms with Crippen molar-refractivity contribution in [3.05, 3.63) is 11.3 Å². The van der Waals surface area contributed by atoms with E-state index in [0.29, 0.717) is 6.04 Å². The molecule has 2 aliphatic carbocycles. The minimum Gasteiger partial charge on any atom is -0.444 e. The molecule has 1 heterocycles. The van der Waals surface area contributed by atoms with Crippen molar-refractivity contribution in [1.82, 2.24) is 9.78 Å². The van der Waals surface area contributed by atoms with Crippen molar-refractivity contribution < 1.29 is 9.53 Å². The fourth-order valence-electron chi connectivity index (χ4n) is 3.75. The van der Waals surface area contributed by atoms with E-state index in [0.717, 1.165) is 18.7 Å². The highest BCUT2D eigenvalue weighted by molar-refractivity contribution is 5.84. The molecule has 5 heteroatoms. The van der Waals surface area contributed by atoms with Gasteiger partial charge in [-0.3, -0.25) is 10.00 Å². The Bertz CT molecular complexity index is 566. The van der Waals surface area contributed by atoms with Gasteiger partial charge in [-0.05, 0) is 59.3 Å². The summed E-state index contributed by atoms with van der Waals surface area (Å²) in [5.41, 5.74) is 2.08. The van der Waals surface area contributed by atoms with Crippen LogP contribution < -0.4 is 5.32 Å². The molecule has 0 saturated heterocycles. The molecule has 0 spiro atoms. The second-order valence-electron chi connectivity index (χ2n) is 7.84. The van der Waals surface area contributed by atoms with Gasteiger partial charge in [0.25, 0.3) is 0 Å². The lowest BCUT2D eigenvalue weighted by Crippen LogP contribution is -2.27. The maximum absolute atomic E-state index is 12.1. The molecule has 3 rings (SSSR count). The number of rotatable bonds is 2. The molecular weight excluding hydrogens is 290 g/mol. The normalized spacial score (nSPS) is 19.3. The van der Waals surface area contributed by atoms with Gasteiger partial charge in [0.1, 0.15) is 5.60 Å². The van der Waals surface area contributed by atoms with Crippen molar-refractivity contribution in [2.24, 2.45) is 0 Å². The number of carbonyl (C=O) groups is 1. The highest BCUT2D eigenvalue weighted by atomic mass is 16.6. The number of nitrogens with zero attached hydrogens (tertiary/aromatic N) is 2. The summed E-state index contributed by atoms with van der Waals surface area (Å²) in [7, 11) is 0. The summed E-state index contributed by atoms with van der Waals surface area (Å²) in [6.45, 7) is 5.63. The average molecular weight is 319 g/mol. The van der Waals surface area contributed by atoms with Crippen LogP contribution in [0.5, 0.6) is 0 Å². The van der Waals surface area contributed by atoms with E-state index >= 15 is 0 Å². The zero-order valence-corrected chi connectivity index (χ0v) is 14.7. The van der Waals surface area contributed by atoms with Gasteiger partial charge in [-0.1, -0.05) is 19.3 Å². The summed E-state index contributed by atoms with van der Waals surface area (Å²) < 4.78 is 7.61. The van der Waals surface area contributed by atoms with Crippen molar-refractivity contribution in [3.63, 3.8) is 0 Å². The molecule has 0 atom stereocenters. The number of aromatic nitrogens is 2. The van der Waals surface area contributed by atoms with E-state index in [9.17, 15) is 4.79 Å². The van der Waals surface area contributed by atoms with Crippen LogP contribution in [0.1, 0.15) is 83.0 Å². The SMILES string of the molecule is CC(C)(C)OC(=O)Nc1nn(C2CCCCC2)c2c1CCCC2. The van der Waals surface area contributed by atoms with Gasteiger partial charge < -0.3 is 4.74 Å². The molecular formula is C18H29N3O2. The first-order chi connectivity index (χ1) is 10.9. The van der Waals surface area contributed by atoms with Gasteiger partial charge in [-0.15, -0.1) is 0 Å². The lowest BCUT2D eigenvalue weighted by atomic mass is 9.93. The molecule has 0 aromatic carbocycles. The smallest absolute Gasteiger partial charge is 0.413 e. The Morgan fingerprint density at radius 2 is 1.83 bits per heavy atom. The fourth-order valence-corrected chi connectivity index (χ4v) is 3.75. The number of amides is 1. The number of hydrogen-bond acceptors (Lipinski definition) is 3. The molecule has 0 aliphatic heterocycles. The van der Waals surface area contributed by atoms with E-state index in [1.807, 2.05) is 20.8 Å². The van der Waals surface area contributed by atoms with Crippen LogP contribution in [0.25, 0.3) is 0 Å². The van der Waals surface area contributed by atoms with E-state index in [1.54, 1.807) is 0 Å². The first-order valence-corrected chi connectivity index (χ1v) is 9.04. The molecule has 5 nitrogen and oxygen atoms in total. The number of anilines is 1. The van der Waals surface area contributed by atoms with Gasteiger partial charge in [0, 0.05) is 11.3 Å². The minimum absolute atomic E-state index is 0.404. The summed E-state index contributed by atoms with van der Waals surface area (Å²) in [6, 6.07) is 0.504. The van der Waals surface area contributed by atoms with Crippen LogP contribution in [0.3, 0.4) is 0 Å². The zero-order valence-electron chi connectivity index (χ0n) is 14.7. The van der Waals surface area contributed by atoms with Crippen LogP contribution in [0.15, 0.2) is 0 Å². The Kier molecular flexibility index (Phi) is 4.64. The fraction of sp³-hybridized carbons (Fsp3) is 0.778. The molecule has 1 N–H and O–H groups in total. The Hall–Kier alpha value is -1.52. The molecule has 1 saturated carbocycles. The molecule has 1 aromatic rings. The molecule has 128 valence electrons. The predicted octanol–water partition coefficient (Wildman–Crippen LogP) is 4.61. The van der Waals surface area contributed by atoms with Gasteiger partial charge in [-0.25, -0.2) is 4.79 Å². The Balaban J connectivity index is 1.82. The summed E-state index contributed by atoms with van der Waals surface area (Å²) in [5, 5.41) is 7.68. The third kappa shape index (κ3) is 3.88. The van der Waals surface area contributed by atoms with Crippen LogP contribution >= 0.6 is 0 Å². The summed E-state index contributed by atoms with van der Waals surface area (Å²) >= 11 is 0. The lowest BCUT2D eigenvalue weighted by Gasteiger charge is -2.25. The van der Waals surface area contributed by atoms with Gasteiger partial charge >= 0.3 is 6.09 Å². The highest BCUT2D eigenvalue weighted by Gasteiger charge is 2.27. The third-order valence-corrected chi connectivity index (χ3v) is 4.75. The lowest BCUT2D eigenvalue weighted by molar-refractivity contribution is 0.0635. The van der Waals surface area contributed by atoms with Crippen molar-refractivity contribution in [2.45, 2.75) is 90.2 Å². The summed E-state index contributed by atoms with van der Waals surface area (Å²) in [5.74, 6) is 0.722. The maximum Gasteiger partial charge on any atom is 0.413 e. The molecule has 2 aliphatic rings. The van der Waals surface area contributed by atoms with E-state index < -0.39 is 11.7 Å². The van der Waals surface area contributed by atoms with Gasteiger partial charge in [0.2, 0.25) is 0 Å². The standard InChI is InChI=1S/C18H29N3O2/c1-18(2,3)23-17(22)19-16-14-11-7-8-12-15(14)21(20-16)13-9-5-4-6-10-13/h13H,4-12H2,1-3H3,(H,19,20,22). The second kappa shape index (κ2) is 6.54. The van der Waals surface area contributed by atoms with Crippen molar-refractivity contribution in [2.75, 3.05) is 5.32 Å². The van der Waals surface area contributed by atoms with E-state index in [4.69, 9.17) is 9.84 Å². The van der Waals surface area contributed by atoms with Crippen molar-refractivity contribution >= 4 is 11.9 Å². The summed E-state index contributed by atoms with van der Waals surface area (Å²) in [4.78, 5) is 12.1. The van der Waals surface area contributed by atoms with Crippen molar-refractivity contribution in [3.8, 4) is 0 Å². The molecule has 0 unspecified atom stereocenters. The molecule has 1 amide bonds. The van der Waals surface area contributed by atoms with Crippen LogP contribution in [0.2, 0.25) is 0 Å². The first kappa shape index (κ1) is 16.3. The van der Waals surface area contributed by atoms with Gasteiger partial charge in [0.05, 0.1) is 6.04 Å². The molecule has 0 bridgehead atoms. The number of hydrogen-bond donors (Lipinski definition) is 1. The quantitative estimate of drug-likeness (QED) is 0.865. The van der Waals surface area contributed by atoms with Crippen LogP contribution in [-0.4, -0.2) is 21.5 Å². The number of ether oxygens (including phenoxy) is 1. The maximum atomic E-state index is 12.1. The van der Waals surface area contributed by atoms with Gasteiger partial charge in [-0.2, -0.15) is 5.10 Å². The topological polar surface area (TPSA) is 56.1 Å². The average Bonchev–Trinajstić information content (AvgIpc) is 2.85. The molecule has 0 radical (unpaired) electrons. The Morgan fingerprint density at radius 1 is 1.13 bits per heavy atom. The molecule has 23 heavy (non-hydrogen) atoms. The Morgan fingerprint density at radius 3 is 2.52 bits per heavy atom. The van der Waals surface area contributed by atoms with Crippen LogP contribution in [-0.2, 0) is 17.6 Å². The van der Waals surface area contributed by atoms with Gasteiger partial charge in [0.15, 0.2) is 5.82 Å². The first-order valence-electron chi connectivity index (χ1n) is 9.04. The molecule has 1 aromatic heterocycles. The number of carbonyl (C=O) groups excluding carboxylic acids is 1. The van der Waals surface area contributed by atoms with Crippen LogP contribution in [0, 0.1) is 0 Å². The van der Waals surface area contributed by atoms with E-state index in [2.05, 4.69) is 10.00 Å². The second-order valence-corrected chi connectivity index (χ2v) is 7.84. The minimum atomic E-state index is -0.490. The van der Waals surface area contributed by atoms with Crippen LogP contribution in [0.4, 0.5) is 10.6 Å². The number of nitrogens with one attached hydrogen (secondary N) is 1. The summed E-state index contributed by atoms with van der Waals surface area (Å²) in [6.07, 6.45) is 10.4.